The molecule has 0 bridgehead atoms. The van der Waals surface area contributed by atoms with Crippen LogP contribution in [-0.4, -0.2) is 14.2 Å². The van der Waals surface area contributed by atoms with E-state index in [0.717, 1.165) is 22.3 Å². The van der Waals surface area contributed by atoms with E-state index in [1.807, 2.05) is 25.1 Å². The summed E-state index contributed by atoms with van der Waals surface area (Å²) in [5.74, 6) is 2.15. The van der Waals surface area contributed by atoms with E-state index in [4.69, 9.17) is 13.9 Å². The lowest BCUT2D eigenvalue weighted by Gasteiger charge is -2.06. The molecule has 2 rings (SSSR count). The van der Waals surface area contributed by atoms with Crippen LogP contribution in [0.15, 0.2) is 29.2 Å². The molecule has 0 unspecified atom stereocenters. The van der Waals surface area contributed by atoms with Crippen molar-refractivity contribution >= 4 is 16.5 Å². The van der Waals surface area contributed by atoms with Crippen LogP contribution in [-0.2, 0) is 0 Å². The molecule has 0 radical (unpaired) electrons. The standard InChI is InChI=1S/C13H14O3/c1-8(2)10-5-9-6-12(14-3)13(15-4)7-11(9)16-10/h5-7H,1H2,2-4H3. The average Bonchev–Trinajstić information content (AvgIpc) is 2.69. The van der Waals surface area contributed by atoms with Gasteiger partial charge in [0.2, 0.25) is 0 Å². The molecule has 0 atom stereocenters. The van der Waals surface area contributed by atoms with Gasteiger partial charge in [0.1, 0.15) is 11.3 Å². The molecule has 0 amide bonds. The zero-order chi connectivity index (χ0) is 11.7. The van der Waals surface area contributed by atoms with Crippen molar-refractivity contribution in [3.05, 3.63) is 30.5 Å². The van der Waals surface area contributed by atoms with E-state index in [1.165, 1.54) is 0 Å². The fourth-order valence-corrected chi connectivity index (χ4v) is 1.58. The Morgan fingerprint density at radius 3 is 2.31 bits per heavy atom. The van der Waals surface area contributed by atoms with Gasteiger partial charge in [0.05, 0.1) is 14.2 Å². The van der Waals surface area contributed by atoms with E-state index in [1.54, 1.807) is 14.2 Å². The highest BCUT2D eigenvalue weighted by Crippen LogP contribution is 2.34. The summed E-state index contributed by atoms with van der Waals surface area (Å²) < 4.78 is 16.1. The van der Waals surface area contributed by atoms with Crippen LogP contribution in [0.3, 0.4) is 0 Å². The number of benzene rings is 1. The van der Waals surface area contributed by atoms with Crippen LogP contribution < -0.4 is 9.47 Å². The molecule has 1 aromatic heterocycles. The second-order valence-electron chi connectivity index (χ2n) is 3.64. The second-order valence-corrected chi connectivity index (χ2v) is 3.64. The maximum Gasteiger partial charge on any atom is 0.164 e. The molecule has 0 spiro atoms. The minimum atomic E-state index is 0.664. The molecule has 2 aromatic rings. The third-order valence-electron chi connectivity index (χ3n) is 2.44. The molecular weight excluding hydrogens is 204 g/mol. The highest BCUT2D eigenvalue weighted by Gasteiger charge is 2.10. The number of furan rings is 1. The summed E-state index contributed by atoms with van der Waals surface area (Å²) in [7, 11) is 3.22. The minimum absolute atomic E-state index is 0.664. The summed E-state index contributed by atoms with van der Waals surface area (Å²) in [6.45, 7) is 5.76. The molecule has 3 nitrogen and oxygen atoms in total. The van der Waals surface area contributed by atoms with Gasteiger partial charge in [0, 0.05) is 11.5 Å². The average molecular weight is 218 g/mol. The summed E-state index contributed by atoms with van der Waals surface area (Å²) >= 11 is 0. The first-order valence-electron chi connectivity index (χ1n) is 4.97. The van der Waals surface area contributed by atoms with Crippen LogP contribution in [0.5, 0.6) is 11.5 Å². The fourth-order valence-electron chi connectivity index (χ4n) is 1.58. The monoisotopic (exact) mass is 218 g/mol. The predicted octanol–water partition coefficient (Wildman–Crippen LogP) is 3.48. The number of rotatable bonds is 3. The lowest BCUT2D eigenvalue weighted by Crippen LogP contribution is -1.89. The van der Waals surface area contributed by atoms with Crippen LogP contribution in [0, 0.1) is 0 Å². The third-order valence-corrected chi connectivity index (χ3v) is 2.44. The molecule has 3 heteroatoms. The third kappa shape index (κ3) is 1.65. The Balaban J connectivity index is 2.64. The molecule has 16 heavy (non-hydrogen) atoms. The van der Waals surface area contributed by atoms with Crippen LogP contribution in [0.1, 0.15) is 12.7 Å². The van der Waals surface area contributed by atoms with E-state index in [9.17, 15) is 0 Å². The van der Waals surface area contributed by atoms with Gasteiger partial charge in [-0.1, -0.05) is 6.58 Å². The Kier molecular flexibility index (Phi) is 2.60. The molecule has 0 aliphatic rings. The van der Waals surface area contributed by atoms with Gasteiger partial charge in [-0.15, -0.1) is 0 Å². The SMILES string of the molecule is C=C(C)c1cc2cc(OC)c(OC)cc2o1. The van der Waals surface area contributed by atoms with Crippen LogP contribution in [0.25, 0.3) is 16.5 Å². The van der Waals surface area contributed by atoms with Gasteiger partial charge in [-0.05, 0) is 24.6 Å². The first-order chi connectivity index (χ1) is 7.65. The zero-order valence-corrected chi connectivity index (χ0v) is 9.66. The second kappa shape index (κ2) is 3.93. The smallest absolute Gasteiger partial charge is 0.164 e. The van der Waals surface area contributed by atoms with Gasteiger partial charge in [-0.3, -0.25) is 0 Å². The number of fused-ring (bicyclic) bond motifs is 1. The summed E-state index contributed by atoms with van der Waals surface area (Å²) in [5, 5.41) is 0.982. The Bertz CT molecular complexity index is 496. The maximum absolute atomic E-state index is 5.64. The Hall–Kier alpha value is -1.90. The predicted molar refractivity (Wildman–Crippen MR) is 64.0 cm³/mol. The van der Waals surface area contributed by atoms with Gasteiger partial charge in [0.25, 0.3) is 0 Å². The van der Waals surface area contributed by atoms with Crippen molar-refractivity contribution in [1.82, 2.24) is 0 Å². The largest absolute Gasteiger partial charge is 0.493 e. The normalized spacial score (nSPS) is 10.4. The van der Waals surface area contributed by atoms with Crippen molar-refractivity contribution in [3.63, 3.8) is 0 Å². The quantitative estimate of drug-likeness (QED) is 0.790. The van der Waals surface area contributed by atoms with E-state index in [0.29, 0.717) is 11.5 Å². The number of methoxy groups -OCH3 is 2. The topological polar surface area (TPSA) is 31.6 Å². The van der Waals surface area contributed by atoms with Gasteiger partial charge >= 0.3 is 0 Å². The molecule has 84 valence electrons. The van der Waals surface area contributed by atoms with E-state index in [-0.39, 0.29) is 0 Å². The van der Waals surface area contributed by atoms with Crippen LogP contribution in [0.2, 0.25) is 0 Å². The Morgan fingerprint density at radius 1 is 1.12 bits per heavy atom. The van der Waals surface area contributed by atoms with Crippen molar-refractivity contribution in [1.29, 1.82) is 0 Å². The molecule has 0 aliphatic heterocycles. The van der Waals surface area contributed by atoms with Crippen molar-refractivity contribution in [2.45, 2.75) is 6.92 Å². The van der Waals surface area contributed by atoms with Gasteiger partial charge in [-0.25, -0.2) is 0 Å². The van der Waals surface area contributed by atoms with E-state index >= 15 is 0 Å². The fraction of sp³-hybridized carbons (Fsp3) is 0.231. The summed E-state index contributed by atoms with van der Waals surface area (Å²) in [6.07, 6.45) is 0. The van der Waals surface area contributed by atoms with E-state index in [2.05, 4.69) is 6.58 Å². The first kappa shape index (κ1) is 10.6. The molecule has 0 fully saturated rings. The summed E-state index contributed by atoms with van der Waals surface area (Å²) in [5.41, 5.74) is 1.67. The minimum Gasteiger partial charge on any atom is -0.493 e. The summed E-state index contributed by atoms with van der Waals surface area (Å²) in [4.78, 5) is 0. The Labute approximate surface area is 94.3 Å². The van der Waals surface area contributed by atoms with Gasteiger partial charge in [0.15, 0.2) is 11.5 Å². The van der Waals surface area contributed by atoms with Crippen LogP contribution >= 0.6 is 0 Å². The number of hydrogen-bond acceptors (Lipinski definition) is 3. The van der Waals surface area contributed by atoms with Crippen molar-refractivity contribution in [2.24, 2.45) is 0 Å². The van der Waals surface area contributed by atoms with Crippen molar-refractivity contribution in [2.75, 3.05) is 14.2 Å². The first-order valence-corrected chi connectivity index (χ1v) is 4.97. The molecule has 1 heterocycles. The lowest BCUT2D eigenvalue weighted by molar-refractivity contribution is 0.355. The molecular formula is C13H14O3. The molecule has 1 aromatic carbocycles. The van der Waals surface area contributed by atoms with E-state index < -0.39 is 0 Å². The highest BCUT2D eigenvalue weighted by atomic mass is 16.5. The zero-order valence-electron chi connectivity index (χ0n) is 9.66. The molecule has 0 saturated carbocycles. The lowest BCUT2D eigenvalue weighted by atomic mass is 10.2. The van der Waals surface area contributed by atoms with Crippen molar-refractivity contribution < 1.29 is 13.9 Å². The molecule has 0 saturated heterocycles. The highest BCUT2D eigenvalue weighted by molar-refractivity contribution is 5.84. The van der Waals surface area contributed by atoms with Gasteiger partial charge in [-0.2, -0.15) is 0 Å². The number of allylic oxidation sites excluding steroid dienone is 1. The maximum atomic E-state index is 5.64. The summed E-state index contributed by atoms with van der Waals surface area (Å²) in [6, 6.07) is 5.66. The molecule has 0 aliphatic carbocycles. The van der Waals surface area contributed by atoms with Gasteiger partial charge < -0.3 is 13.9 Å². The Morgan fingerprint density at radius 2 is 1.75 bits per heavy atom. The molecule has 0 N–H and O–H groups in total. The number of ether oxygens (including phenoxy) is 2. The van der Waals surface area contributed by atoms with Crippen LogP contribution in [0.4, 0.5) is 0 Å². The number of hydrogen-bond donors (Lipinski definition) is 0. The van der Waals surface area contributed by atoms with Crippen molar-refractivity contribution in [3.8, 4) is 11.5 Å².